The van der Waals surface area contributed by atoms with Crippen molar-refractivity contribution in [1.82, 2.24) is 20.1 Å². The van der Waals surface area contributed by atoms with Crippen LogP contribution in [0.2, 0.25) is 0 Å². The van der Waals surface area contributed by atoms with Crippen LogP contribution in [-0.2, 0) is 7.05 Å². The molecule has 2 rings (SSSR count). The van der Waals surface area contributed by atoms with Crippen LogP contribution in [0.25, 0.3) is 0 Å². The molecule has 2 aromatic heterocycles. The molecule has 0 aliphatic carbocycles. The van der Waals surface area contributed by atoms with Crippen LogP contribution in [0.15, 0.2) is 11.6 Å². The molecule has 1 amide bonds. The molecule has 1 atom stereocenters. The molecule has 0 radical (unpaired) electrons. The molecule has 0 spiro atoms. The lowest BCUT2D eigenvalue weighted by molar-refractivity contribution is 0.0691. The molecule has 0 saturated heterocycles. The molecule has 0 aromatic carbocycles. The van der Waals surface area contributed by atoms with Crippen LogP contribution in [-0.4, -0.2) is 31.7 Å². The summed E-state index contributed by atoms with van der Waals surface area (Å²) in [5.74, 6) is -1.33. The minimum absolute atomic E-state index is 0.0105. The molecule has 2 heterocycles. The minimum Gasteiger partial charge on any atom is -0.476 e. The lowest BCUT2D eigenvalue weighted by atomic mass is 10.2. The number of aryl methyl sites for hydroxylation is 1. The number of carbonyl (C=O) groups is 2. The van der Waals surface area contributed by atoms with Gasteiger partial charge in [0.05, 0.1) is 17.8 Å². The van der Waals surface area contributed by atoms with E-state index in [1.807, 2.05) is 0 Å². The second-order valence-electron chi connectivity index (χ2n) is 4.34. The molecule has 2 N–H and O–H groups in total. The van der Waals surface area contributed by atoms with Gasteiger partial charge in [-0.3, -0.25) is 9.48 Å². The summed E-state index contributed by atoms with van der Waals surface area (Å²) in [4.78, 5) is 26.8. The third-order valence-electron chi connectivity index (χ3n) is 2.94. The maximum atomic E-state index is 12.1. The summed E-state index contributed by atoms with van der Waals surface area (Å²) in [6, 6.07) is -0.361. The molecule has 2 aromatic rings. The van der Waals surface area contributed by atoms with Gasteiger partial charge in [-0.15, -0.1) is 11.3 Å². The van der Waals surface area contributed by atoms with E-state index in [4.69, 9.17) is 5.11 Å². The number of thiazole rings is 1. The standard InChI is InChI=1S/C12H14N4O3S/c1-6(11-15-9(5-20-11)12(18)19)14-10(17)8-4-13-16(3)7(8)2/h4-6H,1-3H3,(H,14,17)(H,18,19). The third kappa shape index (κ3) is 2.69. The average molecular weight is 294 g/mol. The molecule has 0 aliphatic heterocycles. The number of nitrogens with zero attached hydrogens (tertiary/aromatic N) is 3. The summed E-state index contributed by atoms with van der Waals surface area (Å²) >= 11 is 1.21. The van der Waals surface area contributed by atoms with Gasteiger partial charge in [-0.1, -0.05) is 0 Å². The van der Waals surface area contributed by atoms with Gasteiger partial charge in [0, 0.05) is 18.1 Å². The predicted molar refractivity (Wildman–Crippen MR) is 72.9 cm³/mol. The summed E-state index contributed by atoms with van der Waals surface area (Å²) in [5.41, 5.74) is 1.25. The summed E-state index contributed by atoms with van der Waals surface area (Å²) in [7, 11) is 1.76. The topological polar surface area (TPSA) is 97.1 Å². The number of aromatic nitrogens is 3. The SMILES string of the molecule is Cc1c(C(=O)NC(C)c2nc(C(=O)O)cs2)cnn1C. The van der Waals surface area contributed by atoms with Gasteiger partial charge in [0.15, 0.2) is 5.69 Å². The second-order valence-corrected chi connectivity index (χ2v) is 5.23. The molecule has 1 unspecified atom stereocenters. The Morgan fingerprint density at radius 1 is 1.50 bits per heavy atom. The molecular weight excluding hydrogens is 280 g/mol. The van der Waals surface area contributed by atoms with Crippen LogP contribution in [0.3, 0.4) is 0 Å². The fourth-order valence-electron chi connectivity index (χ4n) is 1.64. The number of nitrogens with one attached hydrogen (secondary N) is 1. The largest absolute Gasteiger partial charge is 0.476 e. The van der Waals surface area contributed by atoms with Crippen LogP contribution in [0.5, 0.6) is 0 Å². The lowest BCUT2D eigenvalue weighted by Crippen LogP contribution is -2.27. The van der Waals surface area contributed by atoms with E-state index in [1.165, 1.54) is 22.9 Å². The van der Waals surface area contributed by atoms with E-state index in [9.17, 15) is 9.59 Å². The lowest BCUT2D eigenvalue weighted by Gasteiger charge is -2.10. The Hall–Kier alpha value is -2.22. The second kappa shape index (κ2) is 5.41. The van der Waals surface area contributed by atoms with E-state index in [-0.39, 0.29) is 17.6 Å². The van der Waals surface area contributed by atoms with Crippen LogP contribution in [0, 0.1) is 6.92 Å². The molecule has 7 nitrogen and oxygen atoms in total. The minimum atomic E-state index is -1.07. The molecule has 8 heteroatoms. The van der Waals surface area contributed by atoms with Gasteiger partial charge in [-0.2, -0.15) is 5.10 Å². The van der Waals surface area contributed by atoms with E-state index in [0.29, 0.717) is 10.6 Å². The van der Waals surface area contributed by atoms with E-state index < -0.39 is 5.97 Å². The van der Waals surface area contributed by atoms with Crippen molar-refractivity contribution < 1.29 is 14.7 Å². The maximum Gasteiger partial charge on any atom is 0.355 e. The first-order valence-corrected chi connectivity index (χ1v) is 6.76. The highest BCUT2D eigenvalue weighted by Gasteiger charge is 2.19. The van der Waals surface area contributed by atoms with E-state index >= 15 is 0 Å². The quantitative estimate of drug-likeness (QED) is 0.887. The zero-order valence-electron chi connectivity index (χ0n) is 11.2. The number of hydrogen-bond donors (Lipinski definition) is 2. The van der Waals surface area contributed by atoms with Crippen molar-refractivity contribution in [3.05, 3.63) is 33.5 Å². The number of rotatable bonds is 4. The smallest absolute Gasteiger partial charge is 0.355 e. The van der Waals surface area contributed by atoms with Crippen molar-refractivity contribution in [2.75, 3.05) is 0 Å². The van der Waals surface area contributed by atoms with Gasteiger partial charge in [-0.05, 0) is 13.8 Å². The number of aromatic carboxylic acids is 1. The van der Waals surface area contributed by atoms with Crippen molar-refractivity contribution in [2.24, 2.45) is 7.05 Å². The Morgan fingerprint density at radius 2 is 2.20 bits per heavy atom. The molecule has 0 saturated carbocycles. The monoisotopic (exact) mass is 294 g/mol. The normalized spacial score (nSPS) is 12.2. The highest BCUT2D eigenvalue weighted by molar-refractivity contribution is 7.09. The summed E-state index contributed by atoms with van der Waals surface area (Å²) in [6.45, 7) is 3.56. The summed E-state index contributed by atoms with van der Waals surface area (Å²) in [6.07, 6.45) is 1.50. The van der Waals surface area contributed by atoms with Gasteiger partial charge < -0.3 is 10.4 Å². The van der Waals surface area contributed by atoms with Gasteiger partial charge in [0.25, 0.3) is 5.91 Å². The molecule has 0 fully saturated rings. The number of amides is 1. The molecular formula is C12H14N4O3S. The van der Waals surface area contributed by atoms with Crippen LogP contribution < -0.4 is 5.32 Å². The number of hydrogen-bond acceptors (Lipinski definition) is 5. The number of carboxylic acids is 1. The zero-order chi connectivity index (χ0) is 14.9. The zero-order valence-corrected chi connectivity index (χ0v) is 12.1. The average Bonchev–Trinajstić information content (AvgIpc) is 2.98. The van der Waals surface area contributed by atoms with Crippen LogP contribution >= 0.6 is 11.3 Å². The molecule has 0 bridgehead atoms. The highest BCUT2D eigenvalue weighted by Crippen LogP contribution is 2.19. The Kier molecular flexibility index (Phi) is 3.84. The molecule has 106 valence electrons. The van der Waals surface area contributed by atoms with E-state index in [0.717, 1.165) is 5.69 Å². The van der Waals surface area contributed by atoms with Gasteiger partial charge in [-0.25, -0.2) is 9.78 Å². The first-order chi connectivity index (χ1) is 9.40. The van der Waals surface area contributed by atoms with Crippen molar-refractivity contribution in [3.8, 4) is 0 Å². The Labute approximate surface area is 119 Å². The predicted octanol–water partition coefficient (Wildman–Crippen LogP) is 1.37. The van der Waals surface area contributed by atoms with Gasteiger partial charge in [0.1, 0.15) is 5.01 Å². The van der Waals surface area contributed by atoms with Crippen molar-refractivity contribution in [3.63, 3.8) is 0 Å². The molecule has 0 aliphatic rings. The number of carboxylic acid groups (broad SMARTS) is 1. The Balaban J connectivity index is 2.10. The third-order valence-corrected chi connectivity index (χ3v) is 3.97. The Bertz CT molecular complexity index is 661. The fraction of sp³-hybridized carbons (Fsp3) is 0.333. The Morgan fingerprint density at radius 3 is 2.70 bits per heavy atom. The molecule has 20 heavy (non-hydrogen) atoms. The van der Waals surface area contributed by atoms with E-state index in [2.05, 4.69) is 15.4 Å². The first-order valence-electron chi connectivity index (χ1n) is 5.88. The summed E-state index contributed by atoms with van der Waals surface area (Å²) < 4.78 is 1.62. The fourth-order valence-corrected chi connectivity index (χ4v) is 2.44. The van der Waals surface area contributed by atoms with Crippen molar-refractivity contribution in [2.45, 2.75) is 19.9 Å². The van der Waals surface area contributed by atoms with Crippen molar-refractivity contribution >= 4 is 23.2 Å². The van der Waals surface area contributed by atoms with Gasteiger partial charge >= 0.3 is 5.97 Å². The maximum absolute atomic E-state index is 12.1. The van der Waals surface area contributed by atoms with Gasteiger partial charge in [0.2, 0.25) is 0 Å². The summed E-state index contributed by atoms with van der Waals surface area (Å²) in [5, 5.41) is 17.6. The van der Waals surface area contributed by atoms with E-state index in [1.54, 1.807) is 25.6 Å². The van der Waals surface area contributed by atoms with Crippen molar-refractivity contribution in [1.29, 1.82) is 0 Å². The van der Waals surface area contributed by atoms with Crippen LogP contribution in [0.1, 0.15) is 44.5 Å². The first kappa shape index (κ1) is 14.2. The highest BCUT2D eigenvalue weighted by atomic mass is 32.1. The number of carbonyl (C=O) groups excluding carboxylic acids is 1. The van der Waals surface area contributed by atoms with Crippen LogP contribution in [0.4, 0.5) is 0 Å².